The SMILES string of the molecule is CC(C)NC1CCc2c(F)ccc(Br)c21. The van der Waals surface area contributed by atoms with Gasteiger partial charge in [-0.3, -0.25) is 0 Å². The molecule has 1 aromatic rings. The molecule has 0 fully saturated rings. The molecule has 0 amide bonds. The van der Waals surface area contributed by atoms with Gasteiger partial charge in [0.05, 0.1) is 0 Å². The van der Waals surface area contributed by atoms with Gasteiger partial charge >= 0.3 is 0 Å². The number of nitrogens with one attached hydrogen (secondary N) is 1. The molecule has 0 spiro atoms. The van der Waals surface area contributed by atoms with Gasteiger partial charge in [-0.1, -0.05) is 29.8 Å². The fourth-order valence-electron chi connectivity index (χ4n) is 2.24. The van der Waals surface area contributed by atoms with E-state index in [4.69, 9.17) is 0 Å². The van der Waals surface area contributed by atoms with Crippen LogP contribution in [0.3, 0.4) is 0 Å². The summed E-state index contributed by atoms with van der Waals surface area (Å²) in [4.78, 5) is 0. The van der Waals surface area contributed by atoms with E-state index >= 15 is 0 Å². The van der Waals surface area contributed by atoms with Crippen LogP contribution in [0.4, 0.5) is 4.39 Å². The third kappa shape index (κ3) is 2.08. The lowest BCUT2D eigenvalue weighted by atomic mass is 10.1. The Labute approximate surface area is 98.2 Å². The van der Waals surface area contributed by atoms with Crippen molar-refractivity contribution in [3.05, 3.63) is 33.5 Å². The Hall–Kier alpha value is -0.410. The zero-order chi connectivity index (χ0) is 11.0. The molecule has 15 heavy (non-hydrogen) atoms. The number of hydrogen-bond donors (Lipinski definition) is 1. The van der Waals surface area contributed by atoms with E-state index in [9.17, 15) is 4.39 Å². The van der Waals surface area contributed by atoms with Crippen LogP contribution < -0.4 is 5.32 Å². The molecule has 1 aliphatic rings. The van der Waals surface area contributed by atoms with E-state index in [-0.39, 0.29) is 5.82 Å². The predicted octanol–water partition coefficient (Wildman–Crippen LogP) is 3.57. The van der Waals surface area contributed by atoms with Gasteiger partial charge in [-0.15, -0.1) is 0 Å². The molecule has 0 aromatic heterocycles. The molecule has 0 aliphatic heterocycles. The summed E-state index contributed by atoms with van der Waals surface area (Å²) in [5.74, 6) is -0.0683. The van der Waals surface area contributed by atoms with Crippen molar-refractivity contribution in [1.82, 2.24) is 5.32 Å². The van der Waals surface area contributed by atoms with Crippen molar-refractivity contribution in [1.29, 1.82) is 0 Å². The average Bonchev–Trinajstić information content (AvgIpc) is 2.56. The molecule has 1 N–H and O–H groups in total. The van der Waals surface area contributed by atoms with Crippen LogP contribution >= 0.6 is 15.9 Å². The summed E-state index contributed by atoms with van der Waals surface area (Å²) < 4.78 is 14.6. The number of fused-ring (bicyclic) bond motifs is 1. The maximum absolute atomic E-state index is 13.5. The van der Waals surface area contributed by atoms with Gasteiger partial charge in [0.25, 0.3) is 0 Å². The average molecular weight is 272 g/mol. The first kappa shape index (κ1) is 11.1. The molecule has 2 rings (SSSR count). The van der Waals surface area contributed by atoms with Crippen LogP contribution in [0.1, 0.15) is 37.4 Å². The summed E-state index contributed by atoms with van der Waals surface area (Å²) in [6, 6.07) is 4.07. The Bertz CT molecular complexity index is 376. The fourth-order valence-corrected chi connectivity index (χ4v) is 2.89. The van der Waals surface area contributed by atoms with E-state index < -0.39 is 0 Å². The molecule has 1 atom stereocenters. The highest BCUT2D eigenvalue weighted by molar-refractivity contribution is 9.10. The molecule has 0 saturated carbocycles. The highest BCUT2D eigenvalue weighted by atomic mass is 79.9. The van der Waals surface area contributed by atoms with E-state index in [0.29, 0.717) is 12.1 Å². The largest absolute Gasteiger partial charge is 0.308 e. The van der Waals surface area contributed by atoms with Gasteiger partial charge in [-0.2, -0.15) is 0 Å². The number of rotatable bonds is 2. The fraction of sp³-hybridized carbons (Fsp3) is 0.500. The molecule has 82 valence electrons. The van der Waals surface area contributed by atoms with Crippen molar-refractivity contribution >= 4 is 15.9 Å². The van der Waals surface area contributed by atoms with Crippen molar-refractivity contribution in [2.45, 2.75) is 38.8 Å². The molecule has 1 unspecified atom stereocenters. The van der Waals surface area contributed by atoms with E-state index in [1.165, 1.54) is 0 Å². The second-order valence-electron chi connectivity index (χ2n) is 4.33. The standard InChI is InChI=1S/C12H15BrFN/c1-7(2)15-11-6-3-8-10(14)5-4-9(13)12(8)11/h4-5,7,11,15H,3,6H2,1-2H3. The minimum atomic E-state index is -0.0683. The predicted molar refractivity (Wildman–Crippen MR) is 63.4 cm³/mol. The van der Waals surface area contributed by atoms with Crippen LogP contribution in [0.2, 0.25) is 0 Å². The molecule has 0 radical (unpaired) electrons. The van der Waals surface area contributed by atoms with Gasteiger partial charge in [0.2, 0.25) is 0 Å². The summed E-state index contributed by atoms with van der Waals surface area (Å²) in [5.41, 5.74) is 1.99. The first-order chi connectivity index (χ1) is 7.09. The Morgan fingerprint density at radius 2 is 2.20 bits per heavy atom. The van der Waals surface area contributed by atoms with Crippen LogP contribution in [0, 0.1) is 5.82 Å². The van der Waals surface area contributed by atoms with Gasteiger partial charge in [0.1, 0.15) is 5.82 Å². The first-order valence-corrected chi connectivity index (χ1v) is 6.11. The highest BCUT2D eigenvalue weighted by Crippen LogP contribution is 2.38. The van der Waals surface area contributed by atoms with Gasteiger partial charge in [0.15, 0.2) is 0 Å². The van der Waals surface area contributed by atoms with Crippen molar-refractivity contribution in [3.8, 4) is 0 Å². The first-order valence-electron chi connectivity index (χ1n) is 5.32. The Kier molecular flexibility index (Phi) is 3.12. The summed E-state index contributed by atoms with van der Waals surface area (Å²) in [6.45, 7) is 4.23. The summed E-state index contributed by atoms with van der Waals surface area (Å²) in [6.07, 6.45) is 1.83. The topological polar surface area (TPSA) is 12.0 Å². The van der Waals surface area contributed by atoms with Crippen molar-refractivity contribution in [2.24, 2.45) is 0 Å². The molecular weight excluding hydrogens is 257 g/mol. The lowest BCUT2D eigenvalue weighted by Crippen LogP contribution is -2.26. The minimum Gasteiger partial charge on any atom is -0.308 e. The molecule has 0 bridgehead atoms. The van der Waals surface area contributed by atoms with E-state index in [1.54, 1.807) is 12.1 Å². The van der Waals surface area contributed by atoms with Crippen LogP contribution in [-0.4, -0.2) is 6.04 Å². The number of halogens is 2. The van der Waals surface area contributed by atoms with Gasteiger partial charge in [-0.05, 0) is 36.1 Å². The summed E-state index contributed by atoms with van der Waals surface area (Å²) >= 11 is 3.51. The van der Waals surface area contributed by atoms with Gasteiger partial charge in [-0.25, -0.2) is 4.39 Å². The molecule has 1 aromatic carbocycles. The molecule has 0 saturated heterocycles. The van der Waals surface area contributed by atoms with Crippen molar-refractivity contribution < 1.29 is 4.39 Å². The molecular formula is C12H15BrFN. The Morgan fingerprint density at radius 1 is 1.47 bits per heavy atom. The molecule has 1 aliphatic carbocycles. The normalized spacial score (nSPS) is 19.7. The Balaban J connectivity index is 2.37. The zero-order valence-corrected chi connectivity index (χ0v) is 10.6. The Morgan fingerprint density at radius 3 is 2.87 bits per heavy atom. The summed E-state index contributed by atoms with van der Waals surface area (Å²) in [5, 5.41) is 3.47. The highest BCUT2D eigenvalue weighted by Gasteiger charge is 2.27. The molecule has 3 heteroatoms. The monoisotopic (exact) mass is 271 g/mol. The van der Waals surface area contributed by atoms with Gasteiger partial charge in [0, 0.05) is 16.6 Å². The van der Waals surface area contributed by atoms with Crippen molar-refractivity contribution in [2.75, 3.05) is 0 Å². The van der Waals surface area contributed by atoms with Crippen LogP contribution in [0.25, 0.3) is 0 Å². The van der Waals surface area contributed by atoms with E-state index in [0.717, 1.165) is 28.4 Å². The third-order valence-corrected chi connectivity index (χ3v) is 3.50. The maximum Gasteiger partial charge on any atom is 0.126 e. The number of benzene rings is 1. The van der Waals surface area contributed by atoms with Crippen LogP contribution in [0.5, 0.6) is 0 Å². The van der Waals surface area contributed by atoms with Crippen LogP contribution in [0.15, 0.2) is 16.6 Å². The van der Waals surface area contributed by atoms with E-state index in [1.807, 2.05) is 0 Å². The smallest absolute Gasteiger partial charge is 0.126 e. The number of hydrogen-bond acceptors (Lipinski definition) is 1. The van der Waals surface area contributed by atoms with Crippen LogP contribution in [-0.2, 0) is 6.42 Å². The molecule has 0 heterocycles. The molecule has 1 nitrogen and oxygen atoms in total. The minimum absolute atomic E-state index is 0.0683. The second kappa shape index (κ2) is 4.22. The quantitative estimate of drug-likeness (QED) is 0.867. The lowest BCUT2D eigenvalue weighted by molar-refractivity contribution is 0.474. The summed E-state index contributed by atoms with van der Waals surface area (Å²) in [7, 11) is 0. The second-order valence-corrected chi connectivity index (χ2v) is 5.19. The zero-order valence-electron chi connectivity index (χ0n) is 8.98. The van der Waals surface area contributed by atoms with Gasteiger partial charge < -0.3 is 5.32 Å². The third-order valence-electron chi connectivity index (χ3n) is 2.81. The van der Waals surface area contributed by atoms with E-state index in [2.05, 4.69) is 35.1 Å². The lowest BCUT2D eigenvalue weighted by Gasteiger charge is -2.18. The van der Waals surface area contributed by atoms with Crippen molar-refractivity contribution in [3.63, 3.8) is 0 Å². The maximum atomic E-state index is 13.5.